The third-order valence-corrected chi connectivity index (χ3v) is 2.81. The standard InChI is InChI=1S/C13H18N2O3/c1-4-10(8(2)3)15-12(16)11-9(13(17)18)6-5-7-14-11/h5-8,10H,4H2,1-3H3,(H,15,16)(H,17,18). The smallest absolute Gasteiger partial charge is 0.338 e. The van der Waals surface area contributed by atoms with Crippen molar-refractivity contribution in [3.8, 4) is 0 Å². The fourth-order valence-corrected chi connectivity index (χ4v) is 1.74. The van der Waals surface area contributed by atoms with Gasteiger partial charge in [-0.3, -0.25) is 9.78 Å². The minimum atomic E-state index is -1.15. The Balaban J connectivity index is 2.94. The Hall–Kier alpha value is -1.91. The fraction of sp³-hybridized carbons (Fsp3) is 0.462. The Morgan fingerprint density at radius 1 is 1.44 bits per heavy atom. The predicted molar refractivity (Wildman–Crippen MR) is 67.6 cm³/mol. The molecule has 98 valence electrons. The zero-order valence-corrected chi connectivity index (χ0v) is 10.8. The minimum absolute atomic E-state index is 0.0150. The van der Waals surface area contributed by atoms with Crippen LogP contribution in [0.5, 0.6) is 0 Å². The maximum atomic E-state index is 12.0. The molecule has 1 amide bonds. The average molecular weight is 250 g/mol. The Bertz CT molecular complexity index is 444. The molecule has 0 bridgehead atoms. The molecule has 0 aliphatic carbocycles. The molecule has 1 atom stereocenters. The van der Waals surface area contributed by atoms with Gasteiger partial charge in [0.05, 0.1) is 5.56 Å². The number of hydrogen-bond donors (Lipinski definition) is 2. The maximum Gasteiger partial charge on any atom is 0.338 e. The Kier molecular flexibility index (Phi) is 4.83. The summed E-state index contributed by atoms with van der Waals surface area (Å²) in [4.78, 5) is 26.9. The first-order valence-electron chi connectivity index (χ1n) is 5.96. The van der Waals surface area contributed by atoms with E-state index in [9.17, 15) is 9.59 Å². The summed E-state index contributed by atoms with van der Waals surface area (Å²) in [5, 5.41) is 11.8. The highest BCUT2D eigenvalue weighted by atomic mass is 16.4. The topological polar surface area (TPSA) is 79.3 Å². The molecule has 2 N–H and O–H groups in total. The van der Waals surface area contributed by atoms with E-state index >= 15 is 0 Å². The number of hydrogen-bond acceptors (Lipinski definition) is 3. The van der Waals surface area contributed by atoms with Crippen molar-refractivity contribution in [2.45, 2.75) is 33.2 Å². The monoisotopic (exact) mass is 250 g/mol. The summed E-state index contributed by atoms with van der Waals surface area (Å²) in [5.74, 6) is -1.30. The summed E-state index contributed by atoms with van der Waals surface area (Å²) < 4.78 is 0. The SMILES string of the molecule is CCC(NC(=O)c1ncccc1C(=O)O)C(C)C. The second kappa shape index (κ2) is 6.14. The van der Waals surface area contributed by atoms with E-state index in [1.54, 1.807) is 0 Å². The van der Waals surface area contributed by atoms with Crippen molar-refractivity contribution in [1.29, 1.82) is 0 Å². The number of carbonyl (C=O) groups excluding carboxylic acids is 1. The molecule has 0 saturated heterocycles. The first-order chi connectivity index (χ1) is 8.47. The van der Waals surface area contributed by atoms with E-state index in [1.165, 1.54) is 18.3 Å². The molecule has 0 aromatic carbocycles. The van der Waals surface area contributed by atoms with E-state index in [0.717, 1.165) is 6.42 Å². The lowest BCUT2D eigenvalue weighted by Crippen LogP contribution is -2.39. The second-order valence-corrected chi connectivity index (χ2v) is 4.44. The van der Waals surface area contributed by atoms with E-state index in [4.69, 9.17) is 5.11 Å². The zero-order valence-electron chi connectivity index (χ0n) is 10.8. The first-order valence-corrected chi connectivity index (χ1v) is 5.96. The van der Waals surface area contributed by atoms with Crippen LogP contribution in [0.2, 0.25) is 0 Å². The maximum absolute atomic E-state index is 12.0. The van der Waals surface area contributed by atoms with Gasteiger partial charge in [0.15, 0.2) is 0 Å². The van der Waals surface area contributed by atoms with Gasteiger partial charge >= 0.3 is 5.97 Å². The summed E-state index contributed by atoms with van der Waals surface area (Å²) >= 11 is 0. The summed E-state index contributed by atoms with van der Waals surface area (Å²) in [7, 11) is 0. The predicted octanol–water partition coefficient (Wildman–Crippen LogP) is 1.94. The molecule has 1 rings (SSSR count). The average Bonchev–Trinajstić information content (AvgIpc) is 2.35. The van der Waals surface area contributed by atoms with E-state index in [2.05, 4.69) is 10.3 Å². The van der Waals surface area contributed by atoms with Crippen LogP contribution in [0.3, 0.4) is 0 Å². The van der Waals surface area contributed by atoms with Crippen molar-refractivity contribution in [3.05, 3.63) is 29.6 Å². The third-order valence-electron chi connectivity index (χ3n) is 2.81. The van der Waals surface area contributed by atoms with Crippen LogP contribution in [0.25, 0.3) is 0 Å². The van der Waals surface area contributed by atoms with E-state index in [-0.39, 0.29) is 23.2 Å². The van der Waals surface area contributed by atoms with Gasteiger partial charge in [-0.05, 0) is 24.5 Å². The molecular weight excluding hydrogens is 232 g/mol. The van der Waals surface area contributed by atoms with Crippen LogP contribution < -0.4 is 5.32 Å². The van der Waals surface area contributed by atoms with Gasteiger partial charge in [0.25, 0.3) is 5.91 Å². The molecular formula is C13H18N2O3. The van der Waals surface area contributed by atoms with E-state index in [1.807, 2.05) is 20.8 Å². The molecule has 0 aliphatic heterocycles. The van der Waals surface area contributed by atoms with Gasteiger partial charge in [-0.15, -0.1) is 0 Å². The van der Waals surface area contributed by atoms with Crippen molar-refractivity contribution in [2.75, 3.05) is 0 Å². The summed E-state index contributed by atoms with van der Waals surface area (Å²) in [6.45, 7) is 5.98. The number of pyridine rings is 1. The number of carbonyl (C=O) groups is 2. The molecule has 0 saturated carbocycles. The molecule has 1 heterocycles. The second-order valence-electron chi connectivity index (χ2n) is 4.44. The number of aromatic carboxylic acids is 1. The van der Waals surface area contributed by atoms with Crippen molar-refractivity contribution < 1.29 is 14.7 Å². The number of nitrogens with one attached hydrogen (secondary N) is 1. The van der Waals surface area contributed by atoms with E-state index in [0.29, 0.717) is 0 Å². The zero-order chi connectivity index (χ0) is 13.7. The molecule has 0 fully saturated rings. The molecule has 1 aromatic heterocycles. The van der Waals surface area contributed by atoms with Crippen molar-refractivity contribution in [1.82, 2.24) is 10.3 Å². The molecule has 0 spiro atoms. The van der Waals surface area contributed by atoms with Crippen LogP contribution in [0.4, 0.5) is 0 Å². The number of aromatic nitrogens is 1. The highest BCUT2D eigenvalue weighted by molar-refractivity contribution is 6.03. The molecule has 1 unspecified atom stereocenters. The quantitative estimate of drug-likeness (QED) is 0.837. The van der Waals surface area contributed by atoms with Crippen LogP contribution in [0.15, 0.2) is 18.3 Å². The molecule has 1 aromatic rings. The lowest BCUT2D eigenvalue weighted by Gasteiger charge is -2.20. The molecule has 0 radical (unpaired) electrons. The number of amides is 1. The Morgan fingerprint density at radius 2 is 2.11 bits per heavy atom. The Labute approximate surface area is 106 Å². The van der Waals surface area contributed by atoms with Gasteiger partial charge in [0, 0.05) is 12.2 Å². The number of carboxylic acid groups (broad SMARTS) is 1. The van der Waals surface area contributed by atoms with Crippen LogP contribution in [-0.2, 0) is 0 Å². The molecule has 5 heteroatoms. The first kappa shape index (κ1) is 14.2. The summed E-state index contributed by atoms with van der Waals surface area (Å²) in [5.41, 5.74) is -0.113. The number of nitrogens with zero attached hydrogens (tertiary/aromatic N) is 1. The van der Waals surface area contributed by atoms with Gasteiger partial charge < -0.3 is 10.4 Å². The highest BCUT2D eigenvalue weighted by Crippen LogP contribution is 2.09. The van der Waals surface area contributed by atoms with Crippen molar-refractivity contribution in [3.63, 3.8) is 0 Å². The van der Waals surface area contributed by atoms with Crippen LogP contribution >= 0.6 is 0 Å². The van der Waals surface area contributed by atoms with Gasteiger partial charge in [0.2, 0.25) is 0 Å². The van der Waals surface area contributed by atoms with Gasteiger partial charge in [-0.2, -0.15) is 0 Å². The third kappa shape index (κ3) is 3.29. The van der Waals surface area contributed by atoms with Gasteiger partial charge in [0.1, 0.15) is 5.69 Å². The largest absolute Gasteiger partial charge is 0.478 e. The molecule has 18 heavy (non-hydrogen) atoms. The lowest BCUT2D eigenvalue weighted by atomic mass is 10.0. The van der Waals surface area contributed by atoms with Crippen LogP contribution in [0.1, 0.15) is 48.0 Å². The van der Waals surface area contributed by atoms with Crippen LogP contribution in [0, 0.1) is 5.92 Å². The highest BCUT2D eigenvalue weighted by Gasteiger charge is 2.21. The normalized spacial score (nSPS) is 12.2. The van der Waals surface area contributed by atoms with E-state index < -0.39 is 11.9 Å². The fourth-order valence-electron chi connectivity index (χ4n) is 1.74. The molecule has 0 aliphatic rings. The Morgan fingerprint density at radius 3 is 2.61 bits per heavy atom. The summed E-state index contributed by atoms with van der Waals surface area (Å²) in [6, 6.07) is 2.89. The van der Waals surface area contributed by atoms with Gasteiger partial charge in [-0.1, -0.05) is 20.8 Å². The van der Waals surface area contributed by atoms with Crippen LogP contribution in [-0.4, -0.2) is 28.0 Å². The lowest BCUT2D eigenvalue weighted by molar-refractivity contribution is 0.0689. The number of rotatable bonds is 5. The number of carboxylic acids is 1. The summed E-state index contributed by atoms with van der Waals surface area (Å²) in [6.07, 6.45) is 2.20. The minimum Gasteiger partial charge on any atom is -0.478 e. The molecule has 5 nitrogen and oxygen atoms in total. The van der Waals surface area contributed by atoms with Crippen molar-refractivity contribution in [2.24, 2.45) is 5.92 Å². The van der Waals surface area contributed by atoms with Gasteiger partial charge in [-0.25, -0.2) is 4.79 Å². The van der Waals surface area contributed by atoms with Crippen molar-refractivity contribution >= 4 is 11.9 Å².